The monoisotopic (exact) mass is 579 g/mol. The molecule has 1 heterocycles. The summed E-state index contributed by atoms with van der Waals surface area (Å²) in [5.41, 5.74) is -3.30. The third kappa shape index (κ3) is 10.0. The van der Waals surface area contributed by atoms with Crippen molar-refractivity contribution in [2.45, 2.75) is 122 Å². The second-order valence-electron chi connectivity index (χ2n) is 11.2. The number of nitriles is 1. The fourth-order valence-corrected chi connectivity index (χ4v) is 5.01. The van der Waals surface area contributed by atoms with E-state index in [0.29, 0.717) is 25.3 Å². The average molecular weight is 580 g/mol. The van der Waals surface area contributed by atoms with Gasteiger partial charge in [-0.25, -0.2) is 9.69 Å². The number of halogens is 3. The minimum atomic E-state index is -4.81. The number of nitrogens with zero attached hydrogens (tertiary/aromatic N) is 3. The van der Waals surface area contributed by atoms with Gasteiger partial charge in [0.15, 0.2) is 0 Å². The smallest absolute Gasteiger partial charge is 0.417 e. The number of esters is 1. The number of hydrogen-bond acceptors (Lipinski definition) is 5. The number of unbranched alkanes of at least 4 members (excludes halogenated alkanes) is 11. The number of imide groups is 1. The quantitative estimate of drug-likeness (QED) is 0.0994. The molecule has 0 N–H and O–H groups in total. The number of anilines is 1. The standard InChI is InChI=1S/C31H44F3N3O4/c1-4-5-6-7-8-9-10-11-12-13-14-17-27(38)41-21-16-15-20-36-29(40)37(28(39)30(36,2)3)25-19-18-24(23-35)26(22-25)31(32,33)34/h18-19,22H,4-17,20-21H2,1-3H3. The van der Waals surface area contributed by atoms with E-state index in [1.165, 1.54) is 76.2 Å². The fraction of sp³-hybridized carbons (Fsp3) is 0.677. The lowest BCUT2D eigenvalue weighted by molar-refractivity contribution is -0.144. The summed E-state index contributed by atoms with van der Waals surface area (Å²) >= 11 is 0. The Kier molecular flexibility index (Phi) is 13.6. The van der Waals surface area contributed by atoms with Gasteiger partial charge < -0.3 is 9.64 Å². The molecule has 0 aromatic heterocycles. The molecule has 7 nitrogen and oxygen atoms in total. The first-order valence-electron chi connectivity index (χ1n) is 14.9. The summed E-state index contributed by atoms with van der Waals surface area (Å²) in [7, 11) is 0. The number of rotatable bonds is 18. The summed E-state index contributed by atoms with van der Waals surface area (Å²) in [4.78, 5) is 40.2. The molecule has 0 aliphatic carbocycles. The summed E-state index contributed by atoms with van der Waals surface area (Å²) < 4.78 is 45.6. The van der Waals surface area contributed by atoms with Crippen LogP contribution in [0.2, 0.25) is 0 Å². The zero-order valence-corrected chi connectivity index (χ0v) is 24.7. The van der Waals surface area contributed by atoms with Crippen LogP contribution >= 0.6 is 0 Å². The van der Waals surface area contributed by atoms with E-state index < -0.39 is 34.8 Å². The minimum Gasteiger partial charge on any atom is -0.466 e. The number of hydrogen-bond donors (Lipinski definition) is 0. The Bertz CT molecular complexity index is 1070. The number of carbonyl (C=O) groups excluding carboxylic acids is 3. The number of amides is 3. The Morgan fingerprint density at radius 3 is 2.07 bits per heavy atom. The van der Waals surface area contributed by atoms with E-state index in [1.54, 1.807) is 0 Å². The Morgan fingerprint density at radius 2 is 1.51 bits per heavy atom. The predicted octanol–water partition coefficient (Wildman–Crippen LogP) is 8.15. The summed E-state index contributed by atoms with van der Waals surface area (Å²) in [6, 6.07) is 3.54. The lowest BCUT2D eigenvalue weighted by atomic mass is 10.0. The van der Waals surface area contributed by atoms with Gasteiger partial charge in [-0.3, -0.25) is 9.59 Å². The number of ether oxygens (including phenoxy) is 1. The Hall–Kier alpha value is -3.09. The molecular formula is C31H44F3N3O4. The molecule has 41 heavy (non-hydrogen) atoms. The van der Waals surface area contributed by atoms with Crippen LogP contribution in [0.4, 0.5) is 23.7 Å². The molecule has 3 amide bonds. The van der Waals surface area contributed by atoms with Gasteiger partial charge in [0.05, 0.1) is 29.5 Å². The van der Waals surface area contributed by atoms with E-state index in [2.05, 4.69) is 6.92 Å². The summed E-state index contributed by atoms with van der Waals surface area (Å²) in [6.45, 7) is 5.66. The summed E-state index contributed by atoms with van der Waals surface area (Å²) in [6.07, 6.45) is 9.71. The highest BCUT2D eigenvalue weighted by molar-refractivity contribution is 6.23. The van der Waals surface area contributed by atoms with Crippen molar-refractivity contribution in [3.63, 3.8) is 0 Å². The second-order valence-corrected chi connectivity index (χ2v) is 11.2. The Labute approximate surface area is 242 Å². The van der Waals surface area contributed by atoms with Crippen LogP contribution in [0.25, 0.3) is 0 Å². The molecule has 0 atom stereocenters. The van der Waals surface area contributed by atoms with Crippen LogP contribution in [0, 0.1) is 11.3 Å². The molecule has 0 spiro atoms. The van der Waals surface area contributed by atoms with Gasteiger partial charge in [-0.05, 0) is 51.3 Å². The maximum absolute atomic E-state index is 13.4. The third-order valence-corrected chi connectivity index (χ3v) is 7.53. The topological polar surface area (TPSA) is 90.7 Å². The fourth-order valence-electron chi connectivity index (χ4n) is 5.01. The number of carbonyl (C=O) groups is 3. The molecule has 1 saturated heterocycles. The van der Waals surface area contributed by atoms with E-state index in [4.69, 9.17) is 10.00 Å². The number of benzene rings is 1. The molecule has 2 rings (SSSR count). The van der Waals surface area contributed by atoms with Gasteiger partial charge in [0.1, 0.15) is 5.54 Å². The van der Waals surface area contributed by atoms with Crippen molar-refractivity contribution in [3.05, 3.63) is 29.3 Å². The molecule has 1 aliphatic rings. The van der Waals surface area contributed by atoms with Crippen molar-refractivity contribution in [2.24, 2.45) is 0 Å². The predicted molar refractivity (Wildman–Crippen MR) is 151 cm³/mol. The molecule has 1 aromatic rings. The number of alkyl halides is 3. The van der Waals surface area contributed by atoms with Crippen molar-refractivity contribution in [1.29, 1.82) is 5.26 Å². The molecule has 1 aromatic carbocycles. The molecule has 10 heteroatoms. The largest absolute Gasteiger partial charge is 0.466 e. The average Bonchev–Trinajstić information content (AvgIpc) is 3.09. The molecule has 1 fully saturated rings. The van der Waals surface area contributed by atoms with E-state index >= 15 is 0 Å². The molecular weight excluding hydrogens is 535 g/mol. The van der Waals surface area contributed by atoms with Gasteiger partial charge in [0.25, 0.3) is 5.91 Å². The first kappa shape index (κ1) is 34.1. The molecule has 228 valence electrons. The van der Waals surface area contributed by atoms with Crippen molar-refractivity contribution < 1.29 is 32.3 Å². The van der Waals surface area contributed by atoms with E-state index in [9.17, 15) is 27.6 Å². The zero-order valence-electron chi connectivity index (χ0n) is 24.7. The maximum atomic E-state index is 13.4. The Balaban J connectivity index is 1.71. The van der Waals surface area contributed by atoms with E-state index in [-0.39, 0.29) is 24.8 Å². The van der Waals surface area contributed by atoms with Crippen LogP contribution in [0.1, 0.15) is 122 Å². The van der Waals surface area contributed by atoms with E-state index in [1.807, 2.05) is 0 Å². The van der Waals surface area contributed by atoms with Crippen LogP contribution in [-0.2, 0) is 20.5 Å². The summed E-state index contributed by atoms with van der Waals surface area (Å²) in [5, 5.41) is 9.02. The Morgan fingerprint density at radius 1 is 0.927 bits per heavy atom. The highest BCUT2D eigenvalue weighted by atomic mass is 19.4. The van der Waals surface area contributed by atoms with Crippen LogP contribution in [-0.4, -0.2) is 41.5 Å². The van der Waals surface area contributed by atoms with Gasteiger partial charge in [-0.2, -0.15) is 18.4 Å². The van der Waals surface area contributed by atoms with Crippen LogP contribution in [0.5, 0.6) is 0 Å². The lowest BCUT2D eigenvalue weighted by Crippen LogP contribution is -2.44. The van der Waals surface area contributed by atoms with Crippen LogP contribution in [0.15, 0.2) is 18.2 Å². The van der Waals surface area contributed by atoms with E-state index in [0.717, 1.165) is 36.3 Å². The lowest BCUT2D eigenvalue weighted by Gasteiger charge is -2.27. The van der Waals surface area contributed by atoms with Crippen LogP contribution in [0.3, 0.4) is 0 Å². The highest BCUT2D eigenvalue weighted by Gasteiger charge is 2.51. The molecule has 0 radical (unpaired) electrons. The molecule has 0 saturated carbocycles. The van der Waals surface area contributed by atoms with Crippen molar-refractivity contribution in [1.82, 2.24) is 4.90 Å². The van der Waals surface area contributed by atoms with Crippen molar-refractivity contribution in [3.8, 4) is 6.07 Å². The van der Waals surface area contributed by atoms with Gasteiger partial charge in [-0.1, -0.05) is 71.1 Å². The first-order chi connectivity index (χ1) is 19.4. The second kappa shape index (κ2) is 16.4. The van der Waals surface area contributed by atoms with Crippen LogP contribution < -0.4 is 4.90 Å². The number of urea groups is 1. The highest BCUT2D eigenvalue weighted by Crippen LogP contribution is 2.37. The normalized spacial score (nSPS) is 15.0. The van der Waals surface area contributed by atoms with Gasteiger partial charge >= 0.3 is 18.2 Å². The zero-order chi connectivity index (χ0) is 30.5. The molecule has 0 unspecified atom stereocenters. The SMILES string of the molecule is CCCCCCCCCCCCCC(=O)OCCCCN1C(=O)N(c2ccc(C#N)c(C(F)(F)F)c2)C(=O)C1(C)C. The molecule has 0 bridgehead atoms. The minimum absolute atomic E-state index is 0.173. The van der Waals surface area contributed by atoms with Gasteiger partial charge in [0.2, 0.25) is 0 Å². The summed E-state index contributed by atoms with van der Waals surface area (Å²) in [5.74, 6) is -0.903. The van der Waals surface area contributed by atoms with Crippen molar-refractivity contribution in [2.75, 3.05) is 18.1 Å². The first-order valence-corrected chi connectivity index (χ1v) is 14.9. The van der Waals surface area contributed by atoms with Crippen molar-refractivity contribution >= 4 is 23.6 Å². The maximum Gasteiger partial charge on any atom is 0.417 e. The van der Waals surface area contributed by atoms with Gasteiger partial charge in [0, 0.05) is 13.0 Å². The third-order valence-electron chi connectivity index (χ3n) is 7.53. The van der Waals surface area contributed by atoms with Gasteiger partial charge in [-0.15, -0.1) is 0 Å². The molecule has 1 aliphatic heterocycles.